The van der Waals surface area contributed by atoms with Crippen LogP contribution in [0, 0.1) is 39.6 Å². The predicted molar refractivity (Wildman–Crippen MR) is 238 cm³/mol. The molecule has 0 saturated heterocycles. The number of nitro benzene ring substituents is 1. The number of halogens is 1. The summed E-state index contributed by atoms with van der Waals surface area (Å²) in [6, 6.07) is 17.2. The number of ether oxygens (including phenoxy) is 3. The summed E-state index contributed by atoms with van der Waals surface area (Å²) in [6.07, 6.45) is 14.2. The zero-order valence-electron chi connectivity index (χ0n) is 36.4. The van der Waals surface area contributed by atoms with E-state index in [-0.39, 0.29) is 68.0 Å². The van der Waals surface area contributed by atoms with Crippen molar-refractivity contribution in [2.45, 2.75) is 115 Å². The predicted octanol–water partition coefficient (Wildman–Crippen LogP) is 10.2. The van der Waals surface area contributed by atoms with E-state index in [0.717, 1.165) is 61.6 Å². The lowest BCUT2D eigenvalue weighted by molar-refractivity contribution is -0.384. The van der Waals surface area contributed by atoms with Gasteiger partial charge in [-0.2, -0.15) is 0 Å². The molecule has 1 heterocycles. The monoisotopic (exact) mass is 867 g/mol. The summed E-state index contributed by atoms with van der Waals surface area (Å²) >= 11 is 0. The third-order valence-electron chi connectivity index (χ3n) is 13.4. The van der Waals surface area contributed by atoms with Gasteiger partial charge < -0.3 is 34.2 Å². The van der Waals surface area contributed by atoms with E-state index in [0.29, 0.717) is 54.7 Å². The van der Waals surface area contributed by atoms with Crippen molar-refractivity contribution in [1.82, 2.24) is 4.90 Å². The Labute approximate surface area is 369 Å². The number of rotatable bonds is 22. The molecule has 3 aliphatic carbocycles. The molecule has 12 nitrogen and oxygen atoms in total. The maximum atomic E-state index is 15.0. The number of amides is 1. The fraction of sp³-hybridized carbons (Fsp3) is 0.520. The van der Waals surface area contributed by atoms with Crippen LogP contribution in [0.5, 0.6) is 17.2 Å². The molecule has 338 valence electrons. The first-order valence-electron chi connectivity index (χ1n) is 22.9. The molecular weight excluding hydrogens is 806 g/mol. The molecule has 1 amide bonds. The van der Waals surface area contributed by atoms with E-state index >= 15 is 4.79 Å². The van der Waals surface area contributed by atoms with Gasteiger partial charge in [0.1, 0.15) is 35.7 Å². The number of aliphatic hydroxyl groups is 2. The lowest BCUT2D eigenvalue weighted by atomic mass is 9.55. The van der Waals surface area contributed by atoms with Gasteiger partial charge in [-0.15, -0.1) is 6.58 Å². The molecular formula is C50H62FN3O9. The van der Waals surface area contributed by atoms with Gasteiger partial charge in [-0.05, 0) is 104 Å². The van der Waals surface area contributed by atoms with Crippen LogP contribution in [0.2, 0.25) is 0 Å². The van der Waals surface area contributed by atoms with Crippen molar-refractivity contribution in [3.8, 4) is 17.2 Å². The highest BCUT2D eigenvalue weighted by atomic mass is 19.1. The maximum Gasteiger partial charge on any atom is 0.273 e. The molecule has 6 atom stereocenters. The van der Waals surface area contributed by atoms with Gasteiger partial charge in [-0.25, -0.2) is 4.39 Å². The summed E-state index contributed by atoms with van der Waals surface area (Å²) in [5, 5.41) is 36.3. The van der Waals surface area contributed by atoms with Crippen LogP contribution >= 0.6 is 0 Å². The fourth-order valence-electron chi connectivity index (χ4n) is 10.6. The highest BCUT2D eigenvalue weighted by Gasteiger charge is 2.65. The van der Waals surface area contributed by atoms with Crippen molar-refractivity contribution in [1.29, 1.82) is 0 Å². The minimum atomic E-state index is -1.46. The Morgan fingerprint density at radius 2 is 1.76 bits per heavy atom. The highest BCUT2D eigenvalue weighted by molar-refractivity contribution is 6.03. The zero-order chi connectivity index (χ0) is 44.3. The largest absolute Gasteiger partial charge is 0.459 e. The number of carbonyl (C=O) groups is 1. The second kappa shape index (κ2) is 21.5. The standard InChI is InChI=1S/C50H62FN3O9/c1-3-28-60-50-46(53(33-35-18-21-37(51)22-19-35)47(57)25-20-34-12-5-6-13-34)32-44(52-61-4-2)42-29-36(14-7-9-26-55)41(17-8-10-27-56)48(49(42)50)43-31-40(23-24-45(43)63-50)62-39-16-11-15-38(30-39)54(58)59/h3,11,15-16,18-19,21-24,29-31,34,36,41,46,48-49,55-56H,1,4-10,12-14,17,20,25-28,32-33H2,2H3. The summed E-state index contributed by atoms with van der Waals surface area (Å²) in [4.78, 5) is 34.0. The number of hydrogen-bond donors (Lipinski definition) is 2. The van der Waals surface area contributed by atoms with E-state index in [2.05, 4.69) is 12.7 Å². The van der Waals surface area contributed by atoms with Crippen molar-refractivity contribution < 1.29 is 43.4 Å². The lowest BCUT2D eigenvalue weighted by Crippen LogP contribution is -2.70. The Morgan fingerprint density at radius 3 is 2.48 bits per heavy atom. The second-order valence-electron chi connectivity index (χ2n) is 17.4. The van der Waals surface area contributed by atoms with Gasteiger partial charge in [0.2, 0.25) is 11.7 Å². The maximum absolute atomic E-state index is 15.0. The average Bonchev–Trinajstić information content (AvgIpc) is 3.82. The number of fused-ring (bicyclic) bond motifs is 2. The minimum Gasteiger partial charge on any atom is -0.459 e. The normalized spacial score (nSPS) is 24.5. The van der Waals surface area contributed by atoms with Gasteiger partial charge in [-0.3, -0.25) is 14.9 Å². The first-order chi connectivity index (χ1) is 30.7. The molecule has 0 spiro atoms. The third kappa shape index (κ3) is 10.5. The van der Waals surface area contributed by atoms with Gasteiger partial charge in [0, 0.05) is 50.1 Å². The second-order valence-corrected chi connectivity index (χ2v) is 17.4. The molecule has 1 aliphatic heterocycles. The Bertz CT molecular complexity index is 2100. The average molecular weight is 868 g/mol. The van der Waals surface area contributed by atoms with Gasteiger partial charge in [0.25, 0.3) is 5.69 Å². The van der Waals surface area contributed by atoms with Gasteiger partial charge in [0.05, 0.1) is 29.2 Å². The summed E-state index contributed by atoms with van der Waals surface area (Å²) in [5.41, 5.74) is 3.14. The van der Waals surface area contributed by atoms with Crippen LogP contribution in [0.25, 0.3) is 0 Å². The number of oxime groups is 1. The van der Waals surface area contributed by atoms with Crippen LogP contribution in [0.15, 0.2) is 96.2 Å². The molecule has 6 unspecified atom stereocenters. The number of carbonyl (C=O) groups excluding carboxylic acids is 1. The van der Waals surface area contributed by atoms with E-state index in [9.17, 15) is 24.7 Å². The Kier molecular flexibility index (Phi) is 15.7. The van der Waals surface area contributed by atoms with Crippen molar-refractivity contribution in [2.75, 3.05) is 26.4 Å². The third-order valence-corrected chi connectivity index (χ3v) is 13.4. The van der Waals surface area contributed by atoms with Crippen LogP contribution in [0.4, 0.5) is 10.1 Å². The number of nitrogens with zero attached hydrogens (tertiary/aromatic N) is 3. The molecule has 2 fully saturated rings. The van der Waals surface area contributed by atoms with Crippen LogP contribution in [-0.4, -0.2) is 69.9 Å². The van der Waals surface area contributed by atoms with Crippen molar-refractivity contribution >= 4 is 17.3 Å². The molecule has 0 radical (unpaired) electrons. The molecule has 63 heavy (non-hydrogen) atoms. The van der Waals surface area contributed by atoms with Crippen molar-refractivity contribution in [2.24, 2.45) is 28.8 Å². The Morgan fingerprint density at radius 1 is 1.02 bits per heavy atom. The first-order valence-corrected chi connectivity index (χ1v) is 22.9. The molecule has 7 rings (SSSR count). The summed E-state index contributed by atoms with van der Waals surface area (Å²) in [6.45, 7) is 6.67. The van der Waals surface area contributed by atoms with Gasteiger partial charge >= 0.3 is 0 Å². The molecule has 4 aliphatic rings. The summed E-state index contributed by atoms with van der Waals surface area (Å²) < 4.78 is 35.2. The molecule has 0 bridgehead atoms. The summed E-state index contributed by atoms with van der Waals surface area (Å²) in [5.74, 6) is -0.858. The highest BCUT2D eigenvalue weighted by Crippen LogP contribution is 2.62. The van der Waals surface area contributed by atoms with Crippen LogP contribution < -0.4 is 9.47 Å². The van der Waals surface area contributed by atoms with Gasteiger partial charge in [0.15, 0.2) is 0 Å². The first kappa shape index (κ1) is 45.9. The molecule has 3 aromatic rings. The van der Waals surface area contributed by atoms with Crippen LogP contribution in [0.1, 0.15) is 107 Å². The zero-order valence-corrected chi connectivity index (χ0v) is 36.4. The lowest BCUT2D eigenvalue weighted by Gasteiger charge is -2.60. The number of aliphatic hydroxyl groups excluding tert-OH is 2. The molecule has 2 N–H and O–H groups in total. The van der Waals surface area contributed by atoms with E-state index in [4.69, 9.17) is 24.2 Å². The van der Waals surface area contributed by atoms with Crippen molar-refractivity contribution in [3.05, 3.63) is 118 Å². The van der Waals surface area contributed by atoms with E-state index < -0.39 is 22.7 Å². The number of benzene rings is 3. The van der Waals surface area contributed by atoms with E-state index in [1.165, 1.54) is 37.1 Å². The number of nitro groups is 1. The van der Waals surface area contributed by atoms with Gasteiger partial charge in [-0.1, -0.05) is 74.0 Å². The number of allylic oxidation sites excluding steroid dienone is 1. The van der Waals surface area contributed by atoms with Crippen LogP contribution in [0.3, 0.4) is 0 Å². The number of non-ortho nitro benzene ring substituents is 1. The minimum absolute atomic E-state index is 0.0119. The molecule has 0 aromatic heterocycles. The number of unbranched alkanes of at least 4 members (excludes halogenated alkanes) is 2. The van der Waals surface area contributed by atoms with E-state index in [1.807, 2.05) is 24.0 Å². The summed E-state index contributed by atoms with van der Waals surface area (Å²) in [7, 11) is 0. The van der Waals surface area contributed by atoms with Crippen LogP contribution in [-0.2, 0) is 20.9 Å². The Balaban J connectivity index is 1.43. The van der Waals surface area contributed by atoms with Crippen molar-refractivity contribution in [3.63, 3.8) is 0 Å². The smallest absolute Gasteiger partial charge is 0.273 e. The molecule has 3 aromatic carbocycles. The Hall–Kier alpha value is -5.11. The van der Waals surface area contributed by atoms with E-state index in [1.54, 1.807) is 36.4 Å². The topological polar surface area (TPSA) is 153 Å². The SMILES string of the molecule is C=CCOC12Oc3ccc(Oc4cccc([N+](=O)[O-])c4)cc3C3C(CCCCO)C(CCCCO)C=C(C(=NOCC)CC1N(Cc1ccc(F)cc1)C(=O)CCC1CCCC1)C32. The number of hydrogen-bond acceptors (Lipinski definition) is 10. The fourth-order valence-corrected chi connectivity index (χ4v) is 10.6. The molecule has 2 saturated carbocycles. The quantitative estimate of drug-likeness (QED) is 0.0435. The molecule has 13 heteroatoms.